The standard InChI is InChI=1S/C23H27N7OS/c1-18-2-4-19(5-3-18)27-6-8-29(9-7-27)23(31)20-15-30(17-26-20)22-14-21(24-16-25-22)28-10-12-32-13-11-28/h2-5,14-17H,6-13H2,1H3. The summed E-state index contributed by atoms with van der Waals surface area (Å²) in [5, 5.41) is 0. The molecule has 2 saturated heterocycles. The van der Waals surface area contributed by atoms with Crippen molar-refractivity contribution in [1.29, 1.82) is 0 Å². The zero-order valence-corrected chi connectivity index (χ0v) is 19.0. The van der Waals surface area contributed by atoms with Crippen LogP contribution in [0.3, 0.4) is 0 Å². The molecule has 9 heteroatoms. The van der Waals surface area contributed by atoms with Gasteiger partial charge in [-0.25, -0.2) is 15.0 Å². The summed E-state index contributed by atoms with van der Waals surface area (Å²) >= 11 is 1.97. The van der Waals surface area contributed by atoms with Crippen molar-refractivity contribution >= 4 is 29.2 Å². The number of carbonyl (C=O) groups is 1. The van der Waals surface area contributed by atoms with Gasteiger partial charge in [-0.2, -0.15) is 11.8 Å². The van der Waals surface area contributed by atoms with Crippen LogP contribution in [0.1, 0.15) is 16.1 Å². The molecule has 5 rings (SSSR count). The molecule has 0 spiro atoms. The van der Waals surface area contributed by atoms with E-state index in [4.69, 9.17) is 0 Å². The molecule has 2 aliphatic rings. The number of aryl methyl sites for hydroxylation is 1. The van der Waals surface area contributed by atoms with Gasteiger partial charge in [-0.15, -0.1) is 0 Å². The maximum Gasteiger partial charge on any atom is 0.274 e. The van der Waals surface area contributed by atoms with Crippen molar-refractivity contribution in [3.63, 3.8) is 0 Å². The summed E-state index contributed by atoms with van der Waals surface area (Å²) in [6.07, 6.45) is 5.01. The van der Waals surface area contributed by atoms with Gasteiger partial charge in [0.1, 0.15) is 30.0 Å². The van der Waals surface area contributed by atoms with Gasteiger partial charge in [0.2, 0.25) is 0 Å². The number of hydrogen-bond donors (Lipinski definition) is 0. The molecule has 2 aromatic heterocycles. The minimum absolute atomic E-state index is 0.0327. The molecule has 0 saturated carbocycles. The van der Waals surface area contributed by atoms with Crippen LogP contribution >= 0.6 is 11.8 Å². The van der Waals surface area contributed by atoms with E-state index in [2.05, 4.69) is 55.9 Å². The maximum atomic E-state index is 13.0. The molecule has 0 radical (unpaired) electrons. The Labute approximate surface area is 192 Å². The van der Waals surface area contributed by atoms with Crippen molar-refractivity contribution in [3.05, 3.63) is 60.4 Å². The van der Waals surface area contributed by atoms with Gasteiger partial charge >= 0.3 is 0 Å². The summed E-state index contributed by atoms with van der Waals surface area (Å²) in [5.41, 5.74) is 2.91. The van der Waals surface area contributed by atoms with E-state index in [1.807, 2.05) is 22.7 Å². The predicted molar refractivity (Wildman–Crippen MR) is 128 cm³/mol. The van der Waals surface area contributed by atoms with E-state index in [1.54, 1.807) is 23.4 Å². The molecule has 0 unspecified atom stereocenters. The quantitative estimate of drug-likeness (QED) is 0.606. The highest BCUT2D eigenvalue weighted by Crippen LogP contribution is 2.20. The molecular weight excluding hydrogens is 422 g/mol. The Bertz CT molecular complexity index is 1070. The molecule has 32 heavy (non-hydrogen) atoms. The van der Waals surface area contributed by atoms with Crippen LogP contribution in [0, 0.1) is 6.92 Å². The highest BCUT2D eigenvalue weighted by atomic mass is 32.2. The van der Waals surface area contributed by atoms with Crippen LogP contribution in [-0.2, 0) is 0 Å². The average Bonchev–Trinajstić information content (AvgIpc) is 3.35. The summed E-state index contributed by atoms with van der Waals surface area (Å²) in [7, 11) is 0. The normalized spacial score (nSPS) is 17.0. The first-order valence-corrected chi connectivity index (χ1v) is 12.1. The second-order valence-corrected chi connectivity index (χ2v) is 9.34. The molecule has 0 N–H and O–H groups in total. The van der Waals surface area contributed by atoms with Crippen LogP contribution in [0.2, 0.25) is 0 Å². The fraction of sp³-hybridized carbons (Fsp3) is 0.391. The van der Waals surface area contributed by atoms with Gasteiger partial charge in [-0.1, -0.05) is 17.7 Å². The van der Waals surface area contributed by atoms with Crippen LogP contribution in [0.4, 0.5) is 11.5 Å². The molecule has 2 aliphatic heterocycles. The van der Waals surface area contributed by atoms with Gasteiger partial charge in [-0.05, 0) is 19.1 Å². The minimum atomic E-state index is -0.0327. The topological polar surface area (TPSA) is 70.4 Å². The van der Waals surface area contributed by atoms with Crippen LogP contribution in [-0.4, -0.2) is 81.1 Å². The minimum Gasteiger partial charge on any atom is -0.368 e. The number of imidazole rings is 1. The Hall–Kier alpha value is -3.07. The Balaban J connectivity index is 1.24. The van der Waals surface area contributed by atoms with Gasteiger partial charge in [-0.3, -0.25) is 9.36 Å². The number of nitrogens with zero attached hydrogens (tertiary/aromatic N) is 7. The third-order valence-corrected chi connectivity index (χ3v) is 6.95. The number of hydrogen-bond acceptors (Lipinski definition) is 7. The largest absolute Gasteiger partial charge is 0.368 e. The van der Waals surface area contributed by atoms with Crippen molar-refractivity contribution in [3.8, 4) is 5.82 Å². The molecule has 8 nitrogen and oxygen atoms in total. The Kier molecular flexibility index (Phi) is 5.98. The summed E-state index contributed by atoms with van der Waals surface area (Å²) < 4.78 is 1.81. The Morgan fingerprint density at radius 1 is 0.875 bits per heavy atom. The van der Waals surface area contributed by atoms with Crippen molar-refractivity contribution in [2.24, 2.45) is 0 Å². The lowest BCUT2D eigenvalue weighted by Gasteiger charge is -2.35. The van der Waals surface area contributed by atoms with E-state index in [0.717, 1.165) is 49.3 Å². The summed E-state index contributed by atoms with van der Waals surface area (Å²) in [6.45, 7) is 7.08. The number of carbonyl (C=O) groups excluding carboxylic acids is 1. The zero-order chi connectivity index (χ0) is 21.9. The average molecular weight is 450 g/mol. The fourth-order valence-electron chi connectivity index (χ4n) is 4.09. The molecule has 166 valence electrons. The van der Waals surface area contributed by atoms with Gasteiger partial charge < -0.3 is 14.7 Å². The van der Waals surface area contributed by atoms with Gasteiger partial charge in [0.25, 0.3) is 5.91 Å². The zero-order valence-electron chi connectivity index (χ0n) is 18.2. The predicted octanol–water partition coefficient (Wildman–Crippen LogP) is 2.49. The number of anilines is 2. The molecule has 2 fully saturated rings. The van der Waals surface area contributed by atoms with E-state index < -0.39 is 0 Å². The van der Waals surface area contributed by atoms with Crippen LogP contribution in [0.5, 0.6) is 0 Å². The molecule has 0 atom stereocenters. The molecule has 4 heterocycles. The highest BCUT2D eigenvalue weighted by Gasteiger charge is 2.24. The summed E-state index contributed by atoms with van der Waals surface area (Å²) in [4.78, 5) is 32.7. The monoisotopic (exact) mass is 449 g/mol. The van der Waals surface area contributed by atoms with Gasteiger partial charge in [0.15, 0.2) is 0 Å². The lowest BCUT2D eigenvalue weighted by molar-refractivity contribution is 0.0741. The van der Waals surface area contributed by atoms with Crippen molar-refractivity contribution in [2.45, 2.75) is 6.92 Å². The molecule has 0 aliphatic carbocycles. The fourth-order valence-corrected chi connectivity index (χ4v) is 4.99. The van der Waals surface area contributed by atoms with Gasteiger partial charge in [0.05, 0.1) is 0 Å². The number of aromatic nitrogens is 4. The van der Waals surface area contributed by atoms with Crippen molar-refractivity contribution in [1.82, 2.24) is 24.4 Å². The summed E-state index contributed by atoms with van der Waals surface area (Å²) in [5.74, 6) is 3.84. The molecule has 1 amide bonds. The smallest absolute Gasteiger partial charge is 0.274 e. The lowest BCUT2D eigenvalue weighted by atomic mass is 10.2. The number of rotatable bonds is 4. The van der Waals surface area contributed by atoms with Crippen molar-refractivity contribution < 1.29 is 4.79 Å². The molecule has 3 aromatic rings. The number of thioether (sulfide) groups is 1. The molecular formula is C23H27N7OS. The Morgan fingerprint density at radius 3 is 2.34 bits per heavy atom. The second kappa shape index (κ2) is 9.20. The molecule has 0 bridgehead atoms. The van der Waals surface area contributed by atoms with E-state index in [-0.39, 0.29) is 5.91 Å². The van der Waals surface area contributed by atoms with Crippen LogP contribution in [0.25, 0.3) is 5.82 Å². The number of piperazine rings is 1. The first-order valence-electron chi connectivity index (χ1n) is 11.0. The Morgan fingerprint density at radius 2 is 1.59 bits per heavy atom. The van der Waals surface area contributed by atoms with E-state index in [1.165, 1.54) is 11.3 Å². The third-order valence-electron chi connectivity index (χ3n) is 6.01. The number of amides is 1. The van der Waals surface area contributed by atoms with Crippen molar-refractivity contribution in [2.75, 3.05) is 60.6 Å². The first kappa shape index (κ1) is 20.8. The SMILES string of the molecule is Cc1ccc(N2CCN(C(=O)c3cn(-c4cc(N5CCSCC5)ncn4)cn3)CC2)cc1. The lowest BCUT2D eigenvalue weighted by Crippen LogP contribution is -2.48. The van der Waals surface area contributed by atoms with Gasteiger partial charge in [0, 0.05) is 68.7 Å². The highest BCUT2D eigenvalue weighted by molar-refractivity contribution is 7.99. The van der Waals surface area contributed by atoms with E-state index in [9.17, 15) is 4.79 Å². The number of benzene rings is 1. The second-order valence-electron chi connectivity index (χ2n) is 8.11. The summed E-state index contributed by atoms with van der Waals surface area (Å²) in [6, 6.07) is 10.5. The van der Waals surface area contributed by atoms with Crippen LogP contribution in [0.15, 0.2) is 49.2 Å². The van der Waals surface area contributed by atoms with Crippen LogP contribution < -0.4 is 9.80 Å². The van der Waals surface area contributed by atoms with E-state index >= 15 is 0 Å². The molecule has 1 aromatic carbocycles. The maximum absolute atomic E-state index is 13.0. The third kappa shape index (κ3) is 4.43. The first-order chi connectivity index (χ1) is 15.7. The van der Waals surface area contributed by atoms with E-state index in [0.29, 0.717) is 18.8 Å².